The van der Waals surface area contributed by atoms with Crippen LogP contribution >= 0.6 is 43.5 Å². The minimum absolute atomic E-state index is 0.223. The van der Waals surface area contributed by atoms with Crippen molar-refractivity contribution in [3.8, 4) is 0 Å². The lowest BCUT2D eigenvalue weighted by Gasteiger charge is -2.40. The molecule has 4 rings (SSSR count). The summed E-state index contributed by atoms with van der Waals surface area (Å²) < 4.78 is 1.39. The largest absolute Gasteiger partial charge is 0.385 e. The number of hydrogen-bond acceptors (Lipinski definition) is 4. The van der Waals surface area contributed by atoms with Crippen LogP contribution in [0.4, 0.5) is 0 Å². The second kappa shape index (κ2) is 4.15. The number of amides is 1. The third-order valence-electron chi connectivity index (χ3n) is 4.35. The number of fused-ring (bicyclic) bond motifs is 2. The monoisotopic (exact) mass is 438 g/mol. The number of rotatable bonds is 0. The number of aliphatic hydroxyl groups is 1. The Morgan fingerprint density at radius 3 is 2.95 bits per heavy atom. The number of nitrogens with two attached hydrogens (primary N) is 1. The van der Waals surface area contributed by atoms with Crippen molar-refractivity contribution in [2.45, 2.75) is 23.2 Å². The van der Waals surface area contributed by atoms with E-state index in [-0.39, 0.29) is 12.5 Å². The summed E-state index contributed by atoms with van der Waals surface area (Å²) in [7, 11) is 0. The molecule has 21 heavy (non-hydrogen) atoms. The molecule has 10 heteroatoms. The van der Waals surface area contributed by atoms with E-state index in [0.29, 0.717) is 16.3 Å². The van der Waals surface area contributed by atoms with Crippen LogP contribution in [0.1, 0.15) is 22.1 Å². The number of aliphatic hydroxyl groups excluding tert-OH is 1. The van der Waals surface area contributed by atoms with Gasteiger partial charge in [0.15, 0.2) is 6.04 Å². The molecule has 0 radical (unpaired) electrons. The highest BCUT2D eigenvalue weighted by Crippen LogP contribution is 2.48. The average molecular weight is 441 g/mol. The molecule has 1 unspecified atom stereocenters. The van der Waals surface area contributed by atoms with Gasteiger partial charge in [0.25, 0.3) is 5.91 Å². The molecule has 1 fully saturated rings. The van der Waals surface area contributed by atoms with Crippen LogP contribution in [-0.2, 0) is 0 Å². The van der Waals surface area contributed by atoms with E-state index in [1.165, 1.54) is 0 Å². The maximum atomic E-state index is 12.8. The fraction of sp³-hybridized carbons (Fsp3) is 0.455. The number of aromatic nitrogens is 1. The third kappa shape index (κ3) is 1.47. The van der Waals surface area contributed by atoms with Gasteiger partial charge in [0.05, 0.1) is 14.5 Å². The number of H-pyrrole nitrogens is 1. The second-order valence-corrected chi connectivity index (χ2v) is 7.51. The standard InChI is InChI=1S/C11H10Br2ClN5O2/c12-4-3-5(16-8(4)13)9(21)19-1-2(14)7(20)11(19)6(3)17-10(15)18-11/h2,6-7,16,20H,1H2,(H3,15,17,18)/p+1/t2-,6+,7-,11?/m0/s1. The molecule has 4 atom stereocenters. The van der Waals surface area contributed by atoms with Crippen LogP contribution in [0, 0.1) is 0 Å². The molecule has 3 aliphatic rings. The number of alkyl halides is 1. The lowest BCUT2D eigenvalue weighted by atomic mass is 9.86. The molecule has 0 aliphatic carbocycles. The van der Waals surface area contributed by atoms with Gasteiger partial charge in [0.1, 0.15) is 11.8 Å². The smallest absolute Gasteiger partial charge is 0.343 e. The summed E-state index contributed by atoms with van der Waals surface area (Å²) in [4.78, 5) is 20.4. The molecule has 4 heterocycles. The van der Waals surface area contributed by atoms with Crippen molar-refractivity contribution in [1.82, 2.24) is 15.2 Å². The third-order valence-corrected chi connectivity index (χ3v) is 6.68. The number of nitrogens with zero attached hydrogens (tertiary/aromatic N) is 1. The van der Waals surface area contributed by atoms with E-state index in [4.69, 9.17) is 17.3 Å². The highest BCUT2D eigenvalue weighted by molar-refractivity contribution is 9.13. The average Bonchev–Trinajstić information content (AvgIpc) is 3.00. The predicted molar refractivity (Wildman–Crippen MR) is 81.6 cm³/mol. The Bertz CT molecular complexity index is 707. The van der Waals surface area contributed by atoms with Gasteiger partial charge < -0.3 is 10.1 Å². The van der Waals surface area contributed by atoms with E-state index in [1.54, 1.807) is 4.90 Å². The van der Waals surface area contributed by atoms with E-state index in [2.05, 4.69) is 47.2 Å². The van der Waals surface area contributed by atoms with Crippen LogP contribution in [0.15, 0.2) is 9.08 Å². The van der Waals surface area contributed by atoms with Gasteiger partial charge in [-0.3, -0.25) is 20.4 Å². The van der Waals surface area contributed by atoms with Gasteiger partial charge in [-0.1, -0.05) is 0 Å². The van der Waals surface area contributed by atoms with E-state index in [9.17, 15) is 9.90 Å². The molecule has 1 aromatic heterocycles. The highest BCUT2D eigenvalue weighted by Gasteiger charge is 2.69. The molecule has 0 saturated carbocycles. The first kappa shape index (κ1) is 13.9. The van der Waals surface area contributed by atoms with Gasteiger partial charge in [-0.05, 0) is 31.9 Å². The first-order valence-electron chi connectivity index (χ1n) is 6.26. The minimum atomic E-state index is -1.06. The van der Waals surface area contributed by atoms with E-state index < -0.39 is 23.2 Å². The normalized spacial score (nSPS) is 37.0. The van der Waals surface area contributed by atoms with Crippen molar-refractivity contribution in [1.29, 1.82) is 0 Å². The zero-order valence-electron chi connectivity index (χ0n) is 10.5. The van der Waals surface area contributed by atoms with Crippen molar-refractivity contribution >= 4 is 55.3 Å². The Hall–Kier alpha value is -0.770. The maximum absolute atomic E-state index is 12.8. The molecule has 0 bridgehead atoms. The summed E-state index contributed by atoms with van der Waals surface area (Å²) in [6, 6.07) is -0.402. The van der Waals surface area contributed by atoms with Crippen LogP contribution in [0.25, 0.3) is 0 Å². The number of aromatic amines is 1. The molecular weight excluding hydrogens is 429 g/mol. The Morgan fingerprint density at radius 1 is 1.52 bits per heavy atom. The van der Waals surface area contributed by atoms with Crippen molar-refractivity contribution in [3.63, 3.8) is 0 Å². The lowest BCUT2D eigenvalue weighted by molar-refractivity contribution is -0.517. The zero-order valence-corrected chi connectivity index (χ0v) is 14.4. The van der Waals surface area contributed by atoms with Crippen molar-refractivity contribution in [2.75, 3.05) is 6.54 Å². The molecule has 1 spiro atoms. The Morgan fingerprint density at radius 2 is 2.24 bits per heavy atom. The topological polar surface area (TPSA) is 108 Å². The van der Waals surface area contributed by atoms with E-state index in [0.717, 1.165) is 10.0 Å². The van der Waals surface area contributed by atoms with Crippen molar-refractivity contribution in [3.05, 3.63) is 20.3 Å². The minimum Gasteiger partial charge on any atom is -0.385 e. The zero-order chi connectivity index (χ0) is 15.1. The summed E-state index contributed by atoms with van der Waals surface area (Å²) in [6.45, 7) is 0.244. The summed E-state index contributed by atoms with van der Waals surface area (Å²) >= 11 is 13.0. The number of guanidine groups is 1. The van der Waals surface area contributed by atoms with E-state index >= 15 is 0 Å². The number of nitrogens with one attached hydrogen (secondary N) is 3. The SMILES string of the molecule is NC1=[NH+][C@@H]2c3c([nH]c(Br)c3Br)C(=O)N3C[C@H](Cl)[C@H](O)C23N1. The van der Waals surface area contributed by atoms with Crippen molar-refractivity contribution < 1.29 is 14.9 Å². The molecule has 1 aromatic rings. The first-order chi connectivity index (χ1) is 9.87. The van der Waals surface area contributed by atoms with Crippen LogP contribution in [0.2, 0.25) is 0 Å². The van der Waals surface area contributed by atoms with E-state index in [1.807, 2.05) is 0 Å². The Labute approximate surface area is 141 Å². The van der Waals surface area contributed by atoms with Crippen LogP contribution in [0.5, 0.6) is 0 Å². The molecule has 112 valence electrons. The summed E-state index contributed by atoms with van der Waals surface area (Å²) in [6.07, 6.45) is -0.949. The Kier molecular flexibility index (Phi) is 2.74. The molecule has 3 aliphatic heterocycles. The number of carbonyl (C=O) groups is 1. The molecule has 7 nitrogen and oxygen atoms in total. The maximum Gasteiger partial charge on any atom is 0.343 e. The van der Waals surface area contributed by atoms with Crippen molar-refractivity contribution in [2.24, 2.45) is 5.73 Å². The van der Waals surface area contributed by atoms with Crippen LogP contribution in [-0.4, -0.2) is 50.5 Å². The summed E-state index contributed by atoms with van der Waals surface area (Å²) in [5, 5.41) is 13.0. The molecule has 6 N–H and O–H groups in total. The van der Waals surface area contributed by atoms with Gasteiger partial charge in [0, 0.05) is 12.1 Å². The fourth-order valence-corrected chi connectivity index (χ4v) is 4.76. The highest BCUT2D eigenvalue weighted by atomic mass is 79.9. The van der Waals surface area contributed by atoms with Crippen LogP contribution < -0.4 is 16.0 Å². The molecule has 1 amide bonds. The number of carbonyl (C=O) groups excluding carboxylic acids is 1. The Balaban J connectivity index is 2.01. The van der Waals surface area contributed by atoms with Gasteiger partial charge in [-0.15, -0.1) is 11.6 Å². The van der Waals surface area contributed by atoms with Crippen LogP contribution in [0.3, 0.4) is 0 Å². The first-order valence-corrected chi connectivity index (χ1v) is 8.28. The van der Waals surface area contributed by atoms with Gasteiger partial charge in [-0.2, -0.15) is 0 Å². The molecule has 0 aromatic carbocycles. The lowest BCUT2D eigenvalue weighted by Crippen LogP contribution is -2.79. The van der Waals surface area contributed by atoms with Gasteiger partial charge in [-0.25, -0.2) is 5.32 Å². The number of halogens is 3. The molecule has 1 saturated heterocycles. The summed E-state index contributed by atoms with van der Waals surface area (Å²) in [5.74, 6) is 0.0820. The summed E-state index contributed by atoms with van der Waals surface area (Å²) in [5.41, 5.74) is 5.99. The van der Waals surface area contributed by atoms with Gasteiger partial charge >= 0.3 is 5.96 Å². The predicted octanol–water partition coefficient (Wildman–Crippen LogP) is -1.29. The quantitative estimate of drug-likeness (QED) is 0.324. The van der Waals surface area contributed by atoms with Gasteiger partial charge in [0.2, 0.25) is 5.66 Å². The fourth-order valence-electron chi connectivity index (χ4n) is 3.50. The second-order valence-electron chi connectivity index (χ2n) is 5.36. The number of hydrogen-bond donors (Lipinski definition) is 5. The molecular formula is C11H11Br2ClN5O2+.